The molecule has 2 rings (SSSR count). The van der Waals surface area contributed by atoms with Crippen LogP contribution in [0.1, 0.15) is 32.4 Å². The Morgan fingerprint density at radius 1 is 1.33 bits per heavy atom. The van der Waals surface area contributed by atoms with E-state index in [1.165, 1.54) is 0 Å². The van der Waals surface area contributed by atoms with Crippen molar-refractivity contribution >= 4 is 16.9 Å². The predicted octanol–water partition coefficient (Wildman–Crippen LogP) is 2.51. The minimum atomic E-state index is -0.772. The number of benzene rings is 1. The molecule has 0 aliphatic rings. The lowest BCUT2D eigenvalue weighted by atomic mass is 10.0. The van der Waals surface area contributed by atoms with Crippen molar-refractivity contribution < 1.29 is 9.53 Å². The van der Waals surface area contributed by atoms with E-state index in [0.29, 0.717) is 0 Å². The zero-order valence-corrected chi connectivity index (χ0v) is 10.9. The van der Waals surface area contributed by atoms with Crippen LogP contribution in [-0.2, 0) is 9.53 Å². The topological polar surface area (TPSA) is 68.1 Å². The number of ether oxygens (including phenoxy) is 1. The van der Waals surface area contributed by atoms with Gasteiger partial charge in [-0.3, -0.25) is 0 Å². The monoisotopic (exact) mass is 246 g/mol. The number of hydrogen-bond acceptors (Lipinski definition) is 3. The smallest absolute Gasteiger partial charge is 0.328 e. The summed E-state index contributed by atoms with van der Waals surface area (Å²) in [6.07, 6.45) is 1.83. The van der Waals surface area contributed by atoms with Gasteiger partial charge in [0.1, 0.15) is 11.6 Å². The van der Waals surface area contributed by atoms with Crippen molar-refractivity contribution in [3.63, 3.8) is 0 Å². The molecule has 0 aliphatic carbocycles. The maximum absolute atomic E-state index is 12.0. The van der Waals surface area contributed by atoms with Gasteiger partial charge in [0, 0.05) is 11.8 Å². The normalized spacial score (nSPS) is 13.6. The molecule has 4 nitrogen and oxygen atoms in total. The number of fused-ring (bicyclic) bond motifs is 1. The molecule has 0 radical (unpaired) electrons. The van der Waals surface area contributed by atoms with Crippen LogP contribution in [0, 0.1) is 0 Å². The second kappa shape index (κ2) is 4.46. The highest BCUT2D eigenvalue weighted by molar-refractivity contribution is 5.88. The van der Waals surface area contributed by atoms with Crippen molar-refractivity contribution in [3.05, 3.63) is 36.0 Å². The van der Waals surface area contributed by atoms with Gasteiger partial charge in [-0.05, 0) is 32.2 Å². The Hall–Kier alpha value is -1.81. The maximum atomic E-state index is 12.0. The number of H-pyrrole nitrogens is 1. The standard InChI is InChI=1S/C14H18N2O2/c1-14(2,3)18-13(17)11(15)10-6-4-5-9-7-8-16-12(9)10/h4-8,11,16H,15H2,1-3H3. The molecule has 0 amide bonds. The average molecular weight is 246 g/mol. The third-order valence-corrected chi connectivity index (χ3v) is 2.62. The van der Waals surface area contributed by atoms with Crippen molar-refractivity contribution in [1.29, 1.82) is 0 Å². The molecular weight excluding hydrogens is 228 g/mol. The van der Waals surface area contributed by atoms with Gasteiger partial charge >= 0.3 is 5.97 Å². The lowest BCUT2D eigenvalue weighted by molar-refractivity contribution is -0.156. The number of aromatic amines is 1. The molecule has 0 aliphatic heterocycles. The van der Waals surface area contributed by atoms with E-state index in [9.17, 15) is 4.79 Å². The van der Waals surface area contributed by atoms with Gasteiger partial charge in [-0.15, -0.1) is 0 Å². The van der Waals surface area contributed by atoms with E-state index >= 15 is 0 Å². The summed E-state index contributed by atoms with van der Waals surface area (Å²) in [4.78, 5) is 15.1. The van der Waals surface area contributed by atoms with Crippen molar-refractivity contribution in [2.24, 2.45) is 5.73 Å². The Kier molecular flexibility index (Phi) is 3.13. The molecule has 1 aromatic heterocycles. The number of para-hydroxylation sites is 1. The van der Waals surface area contributed by atoms with Gasteiger partial charge in [-0.25, -0.2) is 4.79 Å². The molecule has 0 bridgehead atoms. The van der Waals surface area contributed by atoms with Gasteiger partial charge in [0.15, 0.2) is 0 Å². The fourth-order valence-electron chi connectivity index (χ4n) is 1.86. The Balaban J connectivity index is 2.31. The molecule has 0 saturated carbocycles. The van der Waals surface area contributed by atoms with Crippen LogP contribution in [0.25, 0.3) is 10.9 Å². The zero-order chi connectivity index (χ0) is 13.3. The Bertz CT molecular complexity index is 566. The van der Waals surface area contributed by atoms with Gasteiger partial charge in [0.25, 0.3) is 0 Å². The molecule has 1 atom stereocenters. The third kappa shape index (κ3) is 2.54. The van der Waals surface area contributed by atoms with Crippen LogP contribution in [-0.4, -0.2) is 16.6 Å². The molecule has 2 aromatic rings. The highest BCUT2D eigenvalue weighted by Gasteiger charge is 2.24. The molecule has 0 fully saturated rings. The summed E-state index contributed by atoms with van der Waals surface area (Å²) in [6, 6.07) is 6.87. The van der Waals surface area contributed by atoms with E-state index in [2.05, 4.69) is 4.98 Å². The highest BCUT2D eigenvalue weighted by Crippen LogP contribution is 2.23. The third-order valence-electron chi connectivity index (χ3n) is 2.62. The largest absolute Gasteiger partial charge is 0.459 e. The van der Waals surface area contributed by atoms with E-state index in [0.717, 1.165) is 16.5 Å². The molecule has 18 heavy (non-hydrogen) atoms. The molecule has 1 unspecified atom stereocenters. The summed E-state index contributed by atoms with van der Waals surface area (Å²) >= 11 is 0. The van der Waals surface area contributed by atoms with E-state index in [-0.39, 0.29) is 0 Å². The molecule has 4 heteroatoms. The lowest BCUT2D eigenvalue weighted by Gasteiger charge is -2.22. The molecule has 1 aromatic carbocycles. The van der Waals surface area contributed by atoms with Crippen LogP contribution in [0.4, 0.5) is 0 Å². The summed E-state index contributed by atoms with van der Waals surface area (Å²) in [5.74, 6) is -0.412. The summed E-state index contributed by atoms with van der Waals surface area (Å²) in [5.41, 5.74) is 7.09. The van der Waals surface area contributed by atoms with Crippen molar-refractivity contribution in [3.8, 4) is 0 Å². The van der Waals surface area contributed by atoms with E-state index in [1.54, 1.807) is 0 Å². The Labute approximate surface area is 106 Å². The van der Waals surface area contributed by atoms with E-state index in [4.69, 9.17) is 10.5 Å². The molecule has 1 heterocycles. The number of hydrogen-bond donors (Lipinski definition) is 2. The first kappa shape index (κ1) is 12.6. The van der Waals surface area contributed by atoms with Crippen LogP contribution < -0.4 is 5.73 Å². The van der Waals surface area contributed by atoms with E-state index in [1.807, 2.05) is 51.2 Å². The summed E-state index contributed by atoms with van der Waals surface area (Å²) in [7, 11) is 0. The van der Waals surface area contributed by atoms with Crippen molar-refractivity contribution in [1.82, 2.24) is 4.98 Å². The van der Waals surface area contributed by atoms with Crippen molar-refractivity contribution in [2.45, 2.75) is 32.4 Å². The lowest BCUT2D eigenvalue weighted by Crippen LogP contribution is -2.31. The number of carbonyl (C=O) groups excluding carboxylic acids is 1. The fourth-order valence-corrected chi connectivity index (χ4v) is 1.86. The minimum Gasteiger partial charge on any atom is -0.459 e. The molecule has 3 N–H and O–H groups in total. The SMILES string of the molecule is CC(C)(C)OC(=O)C(N)c1cccc2cc[nH]c12. The van der Waals surface area contributed by atoms with Crippen molar-refractivity contribution in [2.75, 3.05) is 0 Å². The first-order valence-electron chi connectivity index (χ1n) is 5.93. The zero-order valence-electron chi connectivity index (χ0n) is 10.9. The first-order valence-corrected chi connectivity index (χ1v) is 5.93. The number of nitrogens with two attached hydrogens (primary N) is 1. The van der Waals surface area contributed by atoms with Gasteiger partial charge in [-0.2, -0.15) is 0 Å². The summed E-state index contributed by atoms with van der Waals surface area (Å²) in [5, 5.41) is 1.03. The minimum absolute atomic E-state index is 0.412. The maximum Gasteiger partial charge on any atom is 0.328 e. The predicted molar refractivity (Wildman–Crippen MR) is 71.1 cm³/mol. The fraction of sp³-hybridized carbons (Fsp3) is 0.357. The second-order valence-corrected chi connectivity index (χ2v) is 5.30. The highest BCUT2D eigenvalue weighted by atomic mass is 16.6. The first-order chi connectivity index (χ1) is 8.38. The van der Waals surface area contributed by atoms with Gasteiger partial charge < -0.3 is 15.5 Å². The van der Waals surface area contributed by atoms with Gasteiger partial charge in [0.05, 0.1) is 5.52 Å². The number of rotatable bonds is 2. The molecule has 0 saturated heterocycles. The Morgan fingerprint density at radius 2 is 2.06 bits per heavy atom. The molecular formula is C14H18N2O2. The van der Waals surface area contributed by atoms with Gasteiger partial charge in [-0.1, -0.05) is 18.2 Å². The van der Waals surface area contributed by atoms with Crippen LogP contribution in [0.3, 0.4) is 0 Å². The molecule has 0 spiro atoms. The Morgan fingerprint density at radius 3 is 2.72 bits per heavy atom. The summed E-state index contributed by atoms with van der Waals surface area (Å²) in [6.45, 7) is 5.48. The number of esters is 1. The van der Waals surface area contributed by atoms with Crippen LogP contribution >= 0.6 is 0 Å². The van der Waals surface area contributed by atoms with Crippen LogP contribution in [0.5, 0.6) is 0 Å². The van der Waals surface area contributed by atoms with E-state index < -0.39 is 17.6 Å². The summed E-state index contributed by atoms with van der Waals surface area (Å²) < 4.78 is 5.30. The number of aromatic nitrogens is 1. The van der Waals surface area contributed by atoms with Crippen LogP contribution in [0.15, 0.2) is 30.5 Å². The second-order valence-electron chi connectivity index (χ2n) is 5.30. The number of carbonyl (C=O) groups is 1. The van der Waals surface area contributed by atoms with Crippen LogP contribution in [0.2, 0.25) is 0 Å². The average Bonchev–Trinajstić information content (AvgIpc) is 2.73. The molecule has 96 valence electrons. The quantitative estimate of drug-likeness (QED) is 0.800. The number of nitrogens with one attached hydrogen (secondary N) is 1. The van der Waals surface area contributed by atoms with Gasteiger partial charge in [0.2, 0.25) is 0 Å².